The second-order valence-corrected chi connectivity index (χ2v) is 3.22. The average Bonchev–Trinajstić information content (AvgIpc) is 2.50. The lowest BCUT2D eigenvalue weighted by atomic mass is 9.89. The first-order valence-corrected chi connectivity index (χ1v) is 4.22. The molecule has 0 aromatic rings. The SMILES string of the molecule is CCOCC1(CO)CCNC1. The van der Waals surface area contributed by atoms with Gasteiger partial charge < -0.3 is 15.2 Å². The van der Waals surface area contributed by atoms with Crippen LogP contribution in [0.15, 0.2) is 0 Å². The summed E-state index contributed by atoms with van der Waals surface area (Å²) in [7, 11) is 0. The van der Waals surface area contributed by atoms with Crippen LogP contribution >= 0.6 is 0 Å². The van der Waals surface area contributed by atoms with Crippen molar-refractivity contribution in [2.75, 3.05) is 32.9 Å². The molecule has 0 aliphatic carbocycles. The first-order chi connectivity index (χ1) is 5.33. The fourth-order valence-electron chi connectivity index (χ4n) is 1.42. The van der Waals surface area contributed by atoms with E-state index in [9.17, 15) is 0 Å². The summed E-state index contributed by atoms with van der Waals surface area (Å²) in [6, 6.07) is 0. The minimum atomic E-state index is 0.00993. The lowest BCUT2D eigenvalue weighted by Crippen LogP contribution is -2.33. The number of aliphatic hydroxyl groups is 1. The summed E-state index contributed by atoms with van der Waals surface area (Å²) in [5, 5.41) is 12.4. The molecule has 1 saturated heterocycles. The van der Waals surface area contributed by atoms with Gasteiger partial charge in [-0.15, -0.1) is 0 Å². The zero-order chi connectivity index (χ0) is 8.16. The summed E-state index contributed by atoms with van der Waals surface area (Å²) in [5.74, 6) is 0. The van der Waals surface area contributed by atoms with Crippen molar-refractivity contribution in [2.45, 2.75) is 13.3 Å². The number of hydrogen-bond acceptors (Lipinski definition) is 3. The van der Waals surface area contributed by atoms with Crippen LogP contribution in [-0.2, 0) is 4.74 Å². The fraction of sp³-hybridized carbons (Fsp3) is 1.00. The van der Waals surface area contributed by atoms with Crippen LogP contribution in [0.2, 0.25) is 0 Å². The molecule has 2 N–H and O–H groups in total. The van der Waals surface area contributed by atoms with Crippen LogP contribution in [0, 0.1) is 5.41 Å². The molecular formula is C8H17NO2. The van der Waals surface area contributed by atoms with Crippen LogP contribution in [-0.4, -0.2) is 38.0 Å². The molecule has 3 heteroatoms. The van der Waals surface area contributed by atoms with Gasteiger partial charge in [-0.3, -0.25) is 0 Å². The molecule has 0 aromatic heterocycles. The molecule has 11 heavy (non-hydrogen) atoms. The zero-order valence-corrected chi connectivity index (χ0v) is 7.10. The molecule has 1 fully saturated rings. The Morgan fingerprint density at radius 2 is 2.45 bits per heavy atom. The molecule has 1 aliphatic heterocycles. The third kappa shape index (κ3) is 2.15. The summed E-state index contributed by atoms with van der Waals surface area (Å²) in [4.78, 5) is 0. The van der Waals surface area contributed by atoms with Crippen molar-refractivity contribution in [1.82, 2.24) is 5.32 Å². The molecule has 1 unspecified atom stereocenters. The van der Waals surface area contributed by atoms with Crippen molar-refractivity contribution in [3.05, 3.63) is 0 Å². The third-order valence-electron chi connectivity index (χ3n) is 2.28. The van der Waals surface area contributed by atoms with E-state index in [-0.39, 0.29) is 12.0 Å². The summed E-state index contributed by atoms with van der Waals surface area (Å²) in [6.45, 7) is 5.54. The minimum Gasteiger partial charge on any atom is -0.396 e. The molecule has 66 valence electrons. The van der Waals surface area contributed by atoms with Crippen molar-refractivity contribution >= 4 is 0 Å². The van der Waals surface area contributed by atoms with Crippen LogP contribution < -0.4 is 5.32 Å². The molecule has 0 aromatic carbocycles. The van der Waals surface area contributed by atoms with Gasteiger partial charge in [-0.1, -0.05) is 0 Å². The Bertz CT molecular complexity index is 111. The van der Waals surface area contributed by atoms with Gasteiger partial charge in [-0.2, -0.15) is 0 Å². The number of nitrogens with one attached hydrogen (secondary N) is 1. The van der Waals surface area contributed by atoms with Gasteiger partial charge in [0.2, 0.25) is 0 Å². The summed E-state index contributed by atoms with van der Waals surface area (Å²) < 4.78 is 5.31. The number of ether oxygens (including phenoxy) is 1. The van der Waals surface area contributed by atoms with Crippen LogP contribution in [0.3, 0.4) is 0 Å². The molecular weight excluding hydrogens is 142 g/mol. The molecule has 0 radical (unpaired) electrons. The molecule has 3 nitrogen and oxygen atoms in total. The number of hydrogen-bond donors (Lipinski definition) is 2. The molecule has 0 spiro atoms. The van der Waals surface area contributed by atoms with Gasteiger partial charge in [-0.05, 0) is 19.9 Å². The molecule has 1 heterocycles. The van der Waals surface area contributed by atoms with Gasteiger partial charge in [-0.25, -0.2) is 0 Å². The van der Waals surface area contributed by atoms with Gasteiger partial charge in [0.15, 0.2) is 0 Å². The summed E-state index contributed by atoms with van der Waals surface area (Å²) in [6.07, 6.45) is 1.03. The fourth-order valence-corrected chi connectivity index (χ4v) is 1.42. The van der Waals surface area contributed by atoms with E-state index in [0.717, 1.165) is 26.1 Å². The molecule has 1 rings (SSSR count). The first-order valence-electron chi connectivity index (χ1n) is 4.22. The largest absolute Gasteiger partial charge is 0.396 e. The molecule has 1 aliphatic rings. The van der Waals surface area contributed by atoms with Crippen LogP contribution in [0.4, 0.5) is 0 Å². The highest BCUT2D eigenvalue weighted by atomic mass is 16.5. The summed E-state index contributed by atoms with van der Waals surface area (Å²) in [5.41, 5.74) is 0.00993. The van der Waals surface area contributed by atoms with Crippen molar-refractivity contribution in [3.63, 3.8) is 0 Å². The van der Waals surface area contributed by atoms with Crippen LogP contribution in [0.5, 0.6) is 0 Å². The van der Waals surface area contributed by atoms with Crippen LogP contribution in [0.1, 0.15) is 13.3 Å². The maximum Gasteiger partial charge on any atom is 0.0557 e. The maximum absolute atomic E-state index is 9.12. The second-order valence-electron chi connectivity index (χ2n) is 3.22. The van der Waals surface area contributed by atoms with E-state index in [1.165, 1.54) is 0 Å². The quantitative estimate of drug-likeness (QED) is 0.606. The van der Waals surface area contributed by atoms with E-state index in [0.29, 0.717) is 6.61 Å². The second kappa shape index (κ2) is 4.04. The van der Waals surface area contributed by atoms with E-state index >= 15 is 0 Å². The molecule has 0 saturated carbocycles. The average molecular weight is 159 g/mol. The lowest BCUT2D eigenvalue weighted by molar-refractivity contribution is 0.0234. The smallest absolute Gasteiger partial charge is 0.0557 e. The monoisotopic (exact) mass is 159 g/mol. The Morgan fingerprint density at radius 1 is 1.64 bits per heavy atom. The zero-order valence-electron chi connectivity index (χ0n) is 7.10. The predicted molar refractivity (Wildman–Crippen MR) is 43.5 cm³/mol. The highest BCUT2D eigenvalue weighted by Crippen LogP contribution is 2.24. The normalized spacial score (nSPS) is 31.1. The van der Waals surface area contributed by atoms with E-state index < -0.39 is 0 Å². The number of aliphatic hydroxyl groups excluding tert-OH is 1. The van der Waals surface area contributed by atoms with E-state index in [2.05, 4.69) is 5.32 Å². The highest BCUT2D eigenvalue weighted by Gasteiger charge is 2.33. The molecule has 1 atom stereocenters. The Labute approximate surface area is 67.7 Å². The maximum atomic E-state index is 9.12. The number of rotatable bonds is 4. The first kappa shape index (κ1) is 8.97. The third-order valence-corrected chi connectivity index (χ3v) is 2.28. The van der Waals surface area contributed by atoms with Crippen LogP contribution in [0.25, 0.3) is 0 Å². The Balaban J connectivity index is 2.33. The standard InChI is InChI=1S/C8H17NO2/c1-2-11-7-8(6-10)3-4-9-5-8/h9-10H,2-7H2,1H3. The van der Waals surface area contributed by atoms with Gasteiger partial charge in [0, 0.05) is 18.6 Å². The van der Waals surface area contributed by atoms with Crippen molar-refractivity contribution in [3.8, 4) is 0 Å². The van der Waals surface area contributed by atoms with Gasteiger partial charge in [0.1, 0.15) is 0 Å². The van der Waals surface area contributed by atoms with Gasteiger partial charge >= 0.3 is 0 Å². The van der Waals surface area contributed by atoms with E-state index in [1.807, 2.05) is 6.92 Å². The summed E-state index contributed by atoms with van der Waals surface area (Å²) >= 11 is 0. The van der Waals surface area contributed by atoms with Crippen molar-refractivity contribution in [2.24, 2.45) is 5.41 Å². The minimum absolute atomic E-state index is 0.00993. The van der Waals surface area contributed by atoms with Crippen molar-refractivity contribution in [1.29, 1.82) is 0 Å². The van der Waals surface area contributed by atoms with Gasteiger partial charge in [0.25, 0.3) is 0 Å². The molecule has 0 bridgehead atoms. The van der Waals surface area contributed by atoms with E-state index in [1.54, 1.807) is 0 Å². The molecule has 0 amide bonds. The van der Waals surface area contributed by atoms with Gasteiger partial charge in [0.05, 0.1) is 13.2 Å². The predicted octanol–water partition coefficient (Wildman–Crippen LogP) is -0.00510. The topological polar surface area (TPSA) is 41.5 Å². The van der Waals surface area contributed by atoms with E-state index in [4.69, 9.17) is 9.84 Å². The Kier molecular flexibility index (Phi) is 3.30. The van der Waals surface area contributed by atoms with Crippen molar-refractivity contribution < 1.29 is 9.84 Å². The Morgan fingerprint density at radius 3 is 2.91 bits per heavy atom. The highest BCUT2D eigenvalue weighted by molar-refractivity contribution is 4.86. The lowest BCUT2D eigenvalue weighted by Gasteiger charge is -2.24. The Hall–Kier alpha value is -0.120.